The maximum absolute atomic E-state index is 13.6. The van der Waals surface area contributed by atoms with Crippen molar-refractivity contribution in [1.29, 1.82) is 0 Å². The van der Waals surface area contributed by atoms with E-state index in [4.69, 9.17) is 10.5 Å². The summed E-state index contributed by atoms with van der Waals surface area (Å²) in [5, 5.41) is 2.79. The van der Waals surface area contributed by atoms with Crippen LogP contribution in [0.2, 0.25) is 0 Å². The molecule has 1 aromatic carbocycles. The number of rotatable bonds is 5. The molecule has 0 aliphatic rings. The SMILES string of the molecule is COc1ccc(C(C)NC(=O)CC(C)(C)N)cc1F. The number of nitrogens with one attached hydrogen (secondary N) is 1. The summed E-state index contributed by atoms with van der Waals surface area (Å²) in [5.74, 6) is -0.415. The van der Waals surface area contributed by atoms with Gasteiger partial charge in [0.15, 0.2) is 11.6 Å². The van der Waals surface area contributed by atoms with Gasteiger partial charge >= 0.3 is 0 Å². The van der Waals surface area contributed by atoms with Crippen LogP contribution in [0.3, 0.4) is 0 Å². The Morgan fingerprint density at radius 3 is 2.63 bits per heavy atom. The molecule has 3 N–H and O–H groups in total. The number of halogens is 1. The molecule has 0 heterocycles. The fourth-order valence-electron chi connectivity index (χ4n) is 1.74. The van der Waals surface area contributed by atoms with E-state index in [-0.39, 0.29) is 24.1 Å². The molecule has 5 heteroatoms. The molecule has 0 radical (unpaired) electrons. The van der Waals surface area contributed by atoms with Crippen molar-refractivity contribution in [3.63, 3.8) is 0 Å². The highest BCUT2D eigenvalue weighted by atomic mass is 19.1. The van der Waals surface area contributed by atoms with Crippen LogP contribution in [0.15, 0.2) is 18.2 Å². The Balaban J connectivity index is 2.70. The summed E-state index contributed by atoms with van der Waals surface area (Å²) in [6.07, 6.45) is 0.218. The van der Waals surface area contributed by atoms with E-state index in [0.29, 0.717) is 5.56 Å². The van der Waals surface area contributed by atoms with Crippen molar-refractivity contribution in [2.45, 2.75) is 38.8 Å². The second-order valence-corrected chi connectivity index (χ2v) is 5.35. The minimum absolute atomic E-state index is 0.156. The van der Waals surface area contributed by atoms with Crippen molar-refractivity contribution in [2.75, 3.05) is 7.11 Å². The van der Waals surface area contributed by atoms with Crippen LogP contribution in [-0.4, -0.2) is 18.6 Å². The number of hydrogen-bond acceptors (Lipinski definition) is 3. The minimum atomic E-state index is -0.561. The Morgan fingerprint density at radius 2 is 2.16 bits per heavy atom. The lowest BCUT2D eigenvalue weighted by atomic mass is 10.0. The lowest BCUT2D eigenvalue weighted by Gasteiger charge is -2.20. The summed E-state index contributed by atoms with van der Waals surface area (Å²) in [5.41, 5.74) is 5.90. The van der Waals surface area contributed by atoms with Gasteiger partial charge in [0, 0.05) is 12.0 Å². The number of methoxy groups -OCH3 is 1. The Hall–Kier alpha value is -1.62. The van der Waals surface area contributed by atoms with Crippen molar-refractivity contribution < 1.29 is 13.9 Å². The third-order valence-corrected chi connectivity index (χ3v) is 2.67. The maximum Gasteiger partial charge on any atom is 0.222 e. The fourth-order valence-corrected chi connectivity index (χ4v) is 1.74. The number of ether oxygens (including phenoxy) is 1. The van der Waals surface area contributed by atoms with Crippen LogP contribution in [0.5, 0.6) is 5.75 Å². The molecule has 0 bridgehead atoms. The van der Waals surface area contributed by atoms with Gasteiger partial charge in [0.05, 0.1) is 13.2 Å². The van der Waals surface area contributed by atoms with Crippen molar-refractivity contribution in [3.05, 3.63) is 29.6 Å². The van der Waals surface area contributed by atoms with Gasteiger partial charge in [-0.15, -0.1) is 0 Å². The van der Waals surface area contributed by atoms with E-state index >= 15 is 0 Å². The summed E-state index contributed by atoms with van der Waals surface area (Å²) >= 11 is 0. The molecule has 1 unspecified atom stereocenters. The summed E-state index contributed by atoms with van der Waals surface area (Å²) in [6, 6.07) is 4.34. The topological polar surface area (TPSA) is 64.3 Å². The van der Waals surface area contributed by atoms with Gasteiger partial charge in [-0.2, -0.15) is 0 Å². The fraction of sp³-hybridized carbons (Fsp3) is 0.500. The number of amides is 1. The molecular weight excluding hydrogens is 247 g/mol. The van der Waals surface area contributed by atoms with E-state index in [9.17, 15) is 9.18 Å². The van der Waals surface area contributed by atoms with E-state index in [1.54, 1.807) is 32.9 Å². The van der Waals surface area contributed by atoms with Crippen LogP contribution in [0, 0.1) is 5.82 Å². The predicted molar refractivity (Wildman–Crippen MR) is 72.4 cm³/mol. The molecule has 0 saturated heterocycles. The molecule has 1 amide bonds. The van der Waals surface area contributed by atoms with E-state index < -0.39 is 11.4 Å². The first-order valence-electron chi connectivity index (χ1n) is 6.14. The number of benzene rings is 1. The van der Waals surface area contributed by atoms with E-state index in [2.05, 4.69) is 5.32 Å². The van der Waals surface area contributed by atoms with Gasteiger partial charge in [-0.3, -0.25) is 4.79 Å². The first-order valence-corrected chi connectivity index (χ1v) is 6.14. The smallest absolute Gasteiger partial charge is 0.222 e. The highest BCUT2D eigenvalue weighted by Gasteiger charge is 2.18. The molecule has 1 aromatic rings. The minimum Gasteiger partial charge on any atom is -0.494 e. The quantitative estimate of drug-likeness (QED) is 0.860. The number of nitrogens with two attached hydrogens (primary N) is 1. The highest BCUT2D eigenvalue weighted by Crippen LogP contribution is 2.21. The first-order chi connectivity index (χ1) is 8.73. The molecule has 0 fully saturated rings. The van der Waals surface area contributed by atoms with Crippen molar-refractivity contribution >= 4 is 5.91 Å². The Morgan fingerprint density at radius 1 is 1.53 bits per heavy atom. The summed E-state index contributed by atoms with van der Waals surface area (Å²) in [4.78, 5) is 11.7. The normalized spacial score (nSPS) is 12.9. The van der Waals surface area contributed by atoms with Crippen molar-refractivity contribution in [2.24, 2.45) is 5.73 Å². The van der Waals surface area contributed by atoms with Crippen LogP contribution in [0.4, 0.5) is 4.39 Å². The van der Waals surface area contributed by atoms with Gasteiger partial charge in [0.2, 0.25) is 5.91 Å². The van der Waals surface area contributed by atoms with Gasteiger partial charge in [-0.05, 0) is 38.5 Å². The van der Waals surface area contributed by atoms with E-state index in [1.165, 1.54) is 13.2 Å². The molecule has 1 rings (SSSR count). The molecule has 106 valence electrons. The molecular formula is C14H21FN2O2. The van der Waals surface area contributed by atoms with Crippen LogP contribution < -0.4 is 15.8 Å². The predicted octanol–water partition coefficient (Wildman–Crippen LogP) is 2.14. The summed E-state index contributed by atoms with van der Waals surface area (Å²) in [7, 11) is 1.41. The van der Waals surface area contributed by atoms with Crippen LogP contribution in [0.1, 0.15) is 38.8 Å². The van der Waals surface area contributed by atoms with Crippen LogP contribution >= 0.6 is 0 Å². The molecule has 0 aromatic heterocycles. The number of hydrogen-bond donors (Lipinski definition) is 2. The molecule has 0 aliphatic heterocycles. The monoisotopic (exact) mass is 268 g/mol. The van der Waals surface area contributed by atoms with Gasteiger partial charge in [-0.1, -0.05) is 6.07 Å². The van der Waals surface area contributed by atoms with Crippen molar-refractivity contribution in [3.8, 4) is 5.75 Å². The van der Waals surface area contributed by atoms with Gasteiger partial charge in [0.1, 0.15) is 0 Å². The van der Waals surface area contributed by atoms with Crippen LogP contribution in [0.25, 0.3) is 0 Å². The average Bonchev–Trinajstić information content (AvgIpc) is 2.26. The van der Waals surface area contributed by atoms with E-state index in [1.807, 2.05) is 0 Å². The molecule has 0 aliphatic carbocycles. The highest BCUT2D eigenvalue weighted by molar-refractivity contribution is 5.77. The Bertz CT molecular complexity index is 455. The van der Waals surface area contributed by atoms with Crippen molar-refractivity contribution in [1.82, 2.24) is 5.32 Å². The lowest BCUT2D eigenvalue weighted by molar-refractivity contribution is -0.122. The summed E-state index contributed by atoms with van der Waals surface area (Å²) < 4.78 is 18.4. The van der Waals surface area contributed by atoms with E-state index in [0.717, 1.165) is 0 Å². The second kappa shape index (κ2) is 6.02. The van der Waals surface area contributed by atoms with Gasteiger partial charge in [-0.25, -0.2) is 4.39 Å². The zero-order chi connectivity index (χ0) is 14.6. The van der Waals surface area contributed by atoms with Gasteiger partial charge < -0.3 is 15.8 Å². The second-order valence-electron chi connectivity index (χ2n) is 5.35. The zero-order valence-corrected chi connectivity index (χ0v) is 11.8. The lowest BCUT2D eigenvalue weighted by Crippen LogP contribution is -2.39. The van der Waals surface area contributed by atoms with Gasteiger partial charge in [0.25, 0.3) is 0 Å². The Labute approximate surface area is 113 Å². The zero-order valence-electron chi connectivity index (χ0n) is 11.8. The number of carbonyl (C=O) groups excluding carboxylic acids is 1. The first kappa shape index (κ1) is 15.4. The molecule has 0 saturated carbocycles. The molecule has 1 atom stereocenters. The number of carbonyl (C=O) groups is 1. The maximum atomic E-state index is 13.6. The van der Waals surface area contributed by atoms with Crippen LogP contribution in [-0.2, 0) is 4.79 Å². The third-order valence-electron chi connectivity index (χ3n) is 2.67. The third kappa shape index (κ3) is 4.87. The Kier molecular flexibility index (Phi) is 4.89. The summed E-state index contributed by atoms with van der Waals surface area (Å²) in [6.45, 7) is 5.36. The largest absolute Gasteiger partial charge is 0.494 e. The molecule has 19 heavy (non-hydrogen) atoms. The average molecular weight is 268 g/mol. The molecule has 4 nitrogen and oxygen atoms in total. The molecule has 0 spiro atoms. The standard InChI is InChI=1S/C14H21FN2O2/c1-9(17-13(18)8-14(2,3)16)10-5-6-12(19-4)11(15)7-10/h5-7,9H,8,16H2,1-4H3,(H,17,18).